The zero-order valence-corrected chi connectivity index (χ0v) is 15.7. The van der Waals surface area contributed by atoms with Crippen LogP contribution in [0.25, 0.3) is 5.82 Å². The minimum atomic E-state index is 0.0424. The normalized spacial score (nSPS) is 22.0. The van der Waals surface area contributed by atoms with Gasteiger partial charge in [-0.05, 0) is 17.9 Å². The molecule has 0 aliphatic carbocycles. The summed E-state index contributed by atoms with van der Waals surface area (Å²) < 4.78 is 3.29. The van der Waals surface area contributed by atoms with Gasteiger partial charge >= 0.3 is 0 Å². The summed E-state index contributed by atoms with van der Waals surface area (Å²) in [5.41, 5.74) is 0.808. The molecule has 2 aliphatic rings. The van der Waals surface area contributed by atoms with Crippen LogP contribution in [0.1, 0.15) is 5.56 Å². The molecule has 0 spiro atoms. The Hall–Kier alpha value is -3.07. The predicted octanol–water partition coefficient (Wildman–Crippen LogP) is 0.324. The summed E-state index contributed by atoms with van der Waals surface area (Å²) in [7, 11) is 1.74. The Morgan fingerprint density at radius 3 is 2.64 bits per heavy atom. The van der Waals surface area contributed by atoms with Crippen LogP contribution in [0.2, 0.25) is 0 Å². The maximum atomic E-state index is 12.2. The average Bonchev–Trinajstić information content (AvgIpc) is 3.42. The molecule has 5 heterocycles. The Kier molecular flexibility index (Phi) is 4.16. The minimum Gasteiger partial charge on any atom is -0.356 e. The molecule has 2 unspecified atom stereocenters. The third-order valence-electron chi connectivity index (χ3n) is 5.72. The number of aromatic nitrogens is 6. The third-order valence-corrected chi connectivity index (χ3v) is 5.72. The van der Waals surface area contributed by atoms with Crippen LogP contribution >= 0.6 is 0 Å². The molecule has 0 amide bonds. The van der Waals surface area contributed by atoms with Crippen molar-refractivity contribution >= 4 is 5.82 Å². The van der Waals surface area contributed by atoms with Crippen LogP contribution in [0.5, 0.6) is 0 Å². The molecule has 9 heteroatoms. The number of likely N-dealkylation sites (tertiary alicyclic amines) is 1. The summed E-state index contributed by atoms with van der Waals surface area (Å²) in [4.78, 5) is 29.9. The van der Waals surface area contributed by atoms with E-state index in [4.69, 9.17) is 0 Å². The fourth-order valence-corrected chi connectivity index (χ4v) is 4.35. The van der Waals surface area contributed by atoms with Gasteiger partial charge in [0.25, 0.3) is 5.56 Å². The lowest BCUT2D eigenvalue weighted by Gasteiger charge is -2.22. The largest absolute Gasteiger partial charge is 0.356 e. The van der Waals surface area contributed by atoms with Crippen molar-refractivity contribution in [1.29, 1.82) is 0 Å². The van der Waals surface area contributed by atoms with Gasteiger partial charge in [0, 0.05) is 70.0 Å². The molecule has 144 valence electrons. The van der Waals surface area contributed by atoms with Crippen molar-refractivity contribution in [3.05, 3.63) is 59.3 Å². The van der Waals surface area contributed by atoms with Gasteiger partial charge < -0.3 is 9.47 Å². The predicted molar refractivity (Wildman–Crippen MR) is 103 cm³/mol. The van der Waals surface area contributed by atoms with Gasteiger partial charge in [0.2, 0.25) is 0 Å². The molecule has 2 aliphatic heterocycles. The lowest BCUT2D eigenvalue weighted by atomic mass is 10.0. The van der Waals surface area contributed by atoms with E-state index in [1.165, 1.54) is 0 Å². The lowest BCUT2D eigenvalue weighted by molar-refractivity contribution is 0.306. The molecule has 28 heavy (non-hydrogen) atoms. The number of aryl methyl sites for hydroxylation is 1. The van der Waals surface area contributed by atoms with E-state index in [0.29, 0.717) is 18.4 Å². The highest BCUT2D eigenvalue weighted by Crippen LogP contribution is 2.33. The Balaban J connectivity index is 1.26. The molecular formula is C19H22N8O. The lowest BCUT2D eigenvalue weighted by Crippen LogP contribution is -2.31. The summed E-state index contributed by atoms with van der Waals surface area (Å²) >= 11 is 0. The van der Waals surface area contributed by atoms with Crippen LogP contribution in [-0.2, 0) is 13.6 Å². The number of nitrogens with zero attached hydrogens (tertiary/aromatic N) is 8. The molecule has 0 aromatic carbocycles. The molecule has 0 radical (unpaired) electrons. The van der Waals surface area contributed by atoms with Crippen molar-refractivity contribution in [2.75, 3.05) is 31.1 Å². The second-order valence-corrected chi connectivity index (χ2v) is 7.64. The highest BCUT2D eigenvalue weighted by Gasteiger charge is 2.40. The van der Waals surface area contributed by atoms with Crippen LogP contribution in [0.3, 0.4) is 0 Å². The number of rotatable bonds is 4. The van der Waals surface area contributed by atoms with Gasteiger partial charge in [-0.3, -0.25) is 9.69 Å². The van der Waals surface area contributed by atoms with E-state index in [9.17, 15) is 4.79 Å². The molecule has 0 saturated carbocycles. The van der Waals surface area contributed by atoms with Crippen molar-refractivity contribution in [2.45, 2.75) is 6.54 Å². The molecule has 0 N–H and O–H groups in total. The summed E-state index contributed by atoms with van der Waals surface area (Å²) in [6, 6.07) is 3.87. The van der Waals surface area contributed by atoms with E-state index in [2.05, 4.69) is 29.9 Å². The van der Waals surface area contributed by atoms with Crippen LogP contribution in [0.15, 0.2) is 48.2 Å². The number of hydrogen-bond acceptors (Lipinski definition) is 7. The van der Waals surface area contributed by atoms with Gasteiger partial charge in [0.15, 0.2) is 5.82 Å². The molecule has 3 aromatic heterocycles. The molecule has 2 atom stereocenters. The fraction of sp³-hybridized carbons (Fsp3) is 0.421. The highest BCUT2D eigenvalue weighted by atomic mass is 16.1. The van der Waals surface area contributed by atoms with Gasteiger partial charge in [0.1, 0.15) is 12.1 Å². The van der Waals surface area contributed by atoms with Gasteiger partial charge in [-0.2, -0.15) is 5.10 Å². The summed E-state index contributed by atoms with van der Waals surface area (Å²) in [6.45, 7) is 4.61. The monoisotopic (exact) mass is 378 g/mol. The Bertz CT molecular complexity index is 1020. The van der Waals surface area contributed by atoms with Gasteiger partial charge in [-0.15, -0.1) is 0 Å². The molecule has 9 nitrogen and oxygen atoms in total. The first-order valence-corrected chi connectivity index (χ1v) is 9.46. The van der Waals surface area contributed by atoms with E-state index in [-0.39, 0.29) is 5.56 Å². The first kappa shape index (κ1) is 17.1. The Labute approximate surface area is 162 Å². The molecular weight excluding hydrogens is 356 g/mol. The summed E-state index contributed by atoms with van der Waals surface area (Å²) in [6.07, 6.45) is 8.48. The van der Waals surface area contributed by atoms with E-state index < -0.39 is 0 Å². The highest BCUT2D eigenvalue weighted by molar-refractivity contribution is 5.44. The van der Waals surface area contributed by atoms with Crippen LogP contribution in [-0.4, -0.2) is 60.4 Å². The molecule has 2 fully saturated rings. The fourth-order valence-electron chi connectivity index (χ4n) is 4.35. The van der Waals surface area contributed by atoms with Gasteiger partial charge in [-0.25, -0.2) is 19.6 Å². The Morgan fingerprint density at radius 1 is 1.11 bits per heavy atom. The maximum Gasteiger partial charge on any atom is 0.257 e. The topological polar surface area (TPSA) is 85.0 Å². The maximum absolute atomic E-state index is 12.2. The zero-order chi connectivity index (χ0) is 19.1. The minimum absolute atomic E-state index is 0.0424. The number of fused-ring (bicyclic) bond motifs is 1. The average molecular weight is 378 g/mol. The SMILES string of the molecule is Cn1cncc(CN2CC3CN(c4cc(-n5cccn5)ncn4)CC3C2)c1=O. The first-order chi connectivity index (χ1) is 13.7. The van der Waals surface area contributed by atoms with E-state index in [1.54, 1.807) is 41.3 Å². The summed E-state index contributed by atoms with van der Waals surface area (Å²) in [5.74, 6) is 2.90. The standard InChI is InChI=1S/C19H22N8O/c1-24-13-20-6-14(19(24)28)7-25-8-15-10-26(11-16(15)9-25)17-5-18(22-12-21-17)27-4-2-3-23-27/h2-6,12-13,15-16H,7-11H2,1H3. The van der Waals surface area contributed by atoms with Crippen molar-refractivity contribution < 1.29 is 0 Å². The quantitative estimate of drug-likeness (QED) is 0.646. The van der Waals surface area contributed by atoms with Crippen LogP contribution < -0.4 is 10.5 Å². The number of hydrogen-bond donors (Lipinski definition) is 0. The smallest absolute Gasteiger partial charge is 0.257 e. The van der Waals surface area contributed by atoms with Crippen molar-refractivity contribution in [1.82, 2.24) is 34.2 Å². The van der Waals surface area contributed by atoms with Crippen LogP contribution in [0.4, 0.5) is 5.82 Å². The van der Waals surface area contributed by atoms with E-state index in [0.717, 1.165) is 43.4 Å². The van der Waals surface area contributed by atoms with E-state index in [1.807, 2.05) is 18.3 Å². The van der Waals surface area contributed by atoms with Crippen LogP contribution in [0, 0.1) is 11.8 Å². The first-order valence-electron chi connectivity index (χ1n) is 9.46. The van der Waals surface area contributed by atoms with Crippen molar-refractivity contribution in [2.24, 2.45) is 18.9 Å². The second kappa shape index (κ2) is 6.83. The van der Waals surface area contributed by atoms with Crippen molar-refractivity contribution in [3.8, 4) is 5.82 Å². The van der Waals surface area contributed by atoms with Gasteiger partial charge in [0.05, 0.1) is 6.33 Å². The molecule has 5 rings (SSSR count). The molecule has 0 bridgehead atoms. The molecule has 2 saturated heterocycles. The summed E-state index contributed by atoms with van der Waals surface area (Å²) in [5, 5.41) is 4.24. The Morgan fingerprint density at radius 2 is 1.89 bits per heavy atom. The van der Waals surface area contributed by atoms with Crippen molar-refractivity contribution in [3.63, 3.8) is 0 Å². The van der Waals surface area contributed by atoms with Gasteiger partial charge in [-0.1, -0.05) is 0 Å². The molecule has 3 aromatic rings. The number of anilines is 1. The van der Waals surface area contributed by atoms with E-state index >= 15 is 0 Å². The second-order valence-electron chi connectivity index (χ2n) is 7.64. The third kappa shape index (κ3) is 3.07. The zero-order valence-electron chi connectivity index (χ0n) is 15.7.